The van der Waals surface area contributed by atoms with Gasteiger partial charge in [0.15, 0.2) is 0 Å². The summed E-state index contributed by atoms with van der Waals surface area (Å²) >= 11 is 12.2. The fourth-order valence-corrected chi connectivity index (χ4v) is 5.89. The van der Waals surface area contributed by atoms with Crippen molar-refractivity contribution < 1.29 is 23.5 Å². The molecule has 1 fully saturated rings. The minimum absolute atomic E-state index is 0.0200. The third kappa shape index (κ3) is 5.42. The van der Waals surface area contributed by atoms with Crippen molar-refractivity contribution >= 4 is 40.8 Å². The first-order valence-corrected chi connectivity index (χ1v) is 13.3. The molecule has 1 aliphatic heterocycles. The van der Waals surface area contributed by atoms with Gasteiger partial charge in [0.1, 0.15) is 17.0 Å². The maximum absolute atomic E-state index is 15.7. The summed E-state index contributed by atoms with van der Waals surface area (Å²) in [6.45, 7) is 5.79. The van der Waals surface area contributed by atoms with E-state index in [2.05, 4.69) is 16.7 Å². The number of para-hydroxylation sites is 1. The normalized spacial score (nSPS) is 22.5. The van der Waals surface area contributed by atoms with E-state index in [0.29, 0.717) is 6.42 Å². The summed E-state index contributed by atoms with van der Waals surface area (Å²) in [5, 5.41) is 26.2. The summed E-state index contributed by atoms with van der Waals surface area (Å²) in [6, 6.07) is 14.1. The predicted molar refractivity (Wildman–Crippen MR) is 150 cm³/mol. The van der Waals surface area contributed by atoms with E-state index in [-0.39, 0.29) is 32.4 Å². The van der Waals surface area contributed by atoms with E-state index in [1.807, 2.05) is 20.8 Å². The van der Waals surface area contributed by atoms with Gasteiger partial charge in [-0.05, 0) is 47.7 Å². The van der Waals surface area contributed by atoms with Crippen molar-refractivity contribution in [3.05, 3.63) is 99.0 Å². The number of nitrogens with zero attached hydrogens (tertiary/aromatic N) is 1. The Morgan fingerprint density at radius 3 is 2.42 bits per heavy atom. The smallest absolute Gasteiger partial charge is 0.337 e. The van der Waals surface area contributed by atoms with Gasteiger partial charge in [0.2, 0.25) is 5.91 Å². The standard InChI is InChI=1S/C30H27Cl2F2N3O3/c1-29(2,3)14-23-30(15-35,19-12-11-16(31)13-21(19)33)24(18-8-6-9-20(32)25(18)34)26(37-23)27(38)36-22-10-5-4-7-17(22)28(39)40/h4-13,23-24,26,37H,14H2,1-3H3,(H,36,38)(H,39,40). The van der Waals surface area contributed by atoms with E-state index in [4.69, 9.17) is 23.2 Å². The number of carboxylic acid groups (broad SMARTS) is 1. The Morgan fingerprint density at radius 1 is 1.10 bits per heavy atom. The van der Waals surface area contributed by atoms with Crippen LogP contribution in [-0.2, 0) is 10.2 Å². The maximum Gasteiger partial charge on any atom is 0.337 e. The van der Waals surface area contributed by atoms with Crippen LogP contribution in [0.15, 0.2) is 60.7 Å². The minimum Gasteiger partial charge on any atom is -0.478 e. The average Bonchev–Trinajstić information content (AvgIpc) is 3.19. The molecule has 1 saturated heterocycles. The van der Waals surface area contributed by atoms with E-state index >= 15 is 8.78 Å². The molecule has 1 heterocycles. The van der Waals surface area contributed by atoms with E-state index in [9.17, 15) is 20.0 Å². The van der Waals surface area contributed by atoms with Gasteiger partial charge in [-0.15, -0.1) is 0 Å². The molecule has 4 unspecified atom stereocenters. The van der Waals surface area contributed by atoms with Crippen molar-refractivity contribution in [3.63, 3.8) is 0 Å². The quantitative estimate of drug-likeness (QED) is 0.291. The molecule has 0 saturated carbocycles. The first kappa shape index (κ1) is 29.5. The fraction of sp³-hybridized carbons (Fsp3) is 0.300. The summed E-state index contributed by atoms with van der Waals surface area (Å²) in [4.78, 5) is 25.7. The summed E-state index contributed by atoms with van der Waals surface area (Å²) in [7, 11) is 0. The molecule has 0 radical (unpaired) electrons. The molecule has 3 aromatic rings. The van der Waals surface area contributed by atoms with E-state index in [1.165, 1.54) is 48.5 Å². The number of nitriles is 1. The number of nitrogens with one attached hydrogen (secondary N) is 2. The average molecular weight is 586 g/mol. The molecule has 40 heavy (non-hydrogen) atoms. The molecule has 0 aromatic heterocycles. The topological polar surface area (TPSA) is 102 Å². The second kappa shape index (κ2) is 11.2. The first-order valence-electron chi connectivity index (χ1n) is 12.5. The maximum atomic E-state index is 15.7. The molecule has 3 N–H and O–H groups in total. The number of halogens is 4. The van der Waals surface area contributed by atoms with Crippen LogP contribution in [0.2, 0.25) is 10.0 Å². The number of amides is 1. The van der Waals surface area contributed by atoms with Crippen LogP contribution in [0, 0.1) is 28.4 Å². The van der Waals surface area contributed by atoms with Crippen LogP contribution in [0.25, 0.3) is 0 Å². The number of rotatable bonds is 6. The molecular formula is C30H27Cl2F2N3O3. The molecule has 1 aliphatic rings. The largest absolute Gasteiger partial charge is 0.478 e. The number of aromatic carboxylic acids is 1. The predicted octanol–water partition coefficient (Wildman–Crippen LogP) is 6.93. The van der Waals surface area contributed by atoms with Crippen LogP contribution in [0.5, 0.6) is 0 Å². The second-order valence-electron chi connectivity index (χ2n) is 11.0. The monoisotopic (exact) mass is 585 g/mol. The lowest BCUT2D eigenvalue weighted by molar-refractivity contribution is -0.118. The third-order valence-corrected chi connectivity index (χ3v) is 7.67. The molecular weight excluding hydrogens is 559 g/mol. The van der Waals surface area contributed by atoms with Crippen molar-refractivity contribution in [2.45, 2.75) is 50.6 Å². The molecule has 1 amide bonds. The molecule has 0 aliphatic carbocycles. The number of carbonyl (C=O) groups is 2. The highest BCUT2D eigenvalue weighted by Gasteiger charge is 2.61. The summed E-state index contributed by atoms with van der Waals surface area (Å²) < 4.78 is 31.4. The van der Waals surface area contributed by atoms with Gasteiger partial charge in [-0.25, -0.2) is 13.6 Å². The minimum atomic E-state index is -1.79. The zero-order valence-corrected chi connectivity index (χ0v) is 23.4. The van der Waals surface area contributed by atoms with Crippen LogP contribution in [0.4, 0.5) is 14.5 Å². The number of hydrogen-bond donors (Lipinski definition) is 3. The van der Waals surface area contributed by atoms with Crippen molar-refractivity contribution in [2.75, 3.05) is 5.32 Å². The lowest BCUT2D eigenvalue weighted by Crippen LogP contribution is -2.45. The number of carbonyl (C=O) groups excluding carboxylic acids is 1. The molecule has 0 spiro atoms. The van der Waals surface area contributed by atoms with Crippen molar-refractivity contribution in [2.24, 2.45) is 5.41 Å². The van der Waals surface area contributed by atoms with Crippen LogP contribution in [0.1, 0.15) is 54.6 Å². The van der Waals surface area contributed by atoms with Gasteiger partial charge in [0, 0.05) is 22.5 Å². The molecule has 10 heteroatoms. The molecule has 4 rings (SSSR count). The van der Waals surface area contributed by atoms with Crippen molar-refractivity contribution in [3.8, 4) is 6.07 Å². The number of benzene rings is 3. The number of carboxylic acids is 1. The zero-order valence-electron chi connectivity index (χ0n) is 21.9. The Labute approximate surface area is 240 Å². The second-order valence-corrected chi connectivity index (χ2v) is 11.9. The van der Waals surface area contributed by atoms with Gasteiger partial charge in [0.05, 0.1) is 28.4 Å². The lowest BCUT2D eigenvalue weighted by Gasteiger charge is -2.37. The number of anilines is 1. The van der Waals surface area contributed by atoms with Gasteiger partial charge in [0.25, 0.3) is 0 Å². The molecule has 6 nitrogen and oxygen atoms in total. The van der Waals surface area contributed by atoms with Crippen LogP contribution < -0.4 is 10.6 Å². The zero-order chi connectivity index (χ0) is 29.4. The Kier molecular flexibility index (Phi) is 8.23. The van der Waals surface area contributed by atoms with E-state index < -0.39 is 52.3 Å². The third-order valence-electron chi connectivity index (χ3n) is 7.15. The summed E-state index contributed by atoms with van der Waals surface area (Å²) in [5.41, 5.74) is -2.43. The van der Waals surface area contributed by atoms with Crippen LogP contribution >= 0.6 is 23.2 Å². The SMILES string of the molecule is CC(C)(C)CC1NC(C(=O)Nc2ccccc2C(=O)O)C(c2cccc(Cl)c2F)C1(C#N)c1ccc(Cl)cc1F. The molecule has 0 bridgehead atoms. The summed E-state index contributed by atoms with van der Waals surface area (Å²) in [5.74, 6) is -4.86. The first-order chi connectivity index (χ1) is 18.8. The lowest BCUT2D eigenvalue weighted by atomic mass is 9.62. The Morgan fingerprint density at radius 2 is 1.80 bits per heavy atom. The van der Waals surface area contributed by atoms with Crippen molar-refractivity contribution in [1.29, 1.82) is 5.26 Å². The fourth-order valence-electron chi connectivity index (χ4n) is 5.55. The molecule has 3 aromatic carbocycles. The van der Waals surface area contributed by atoms with Gasteiger partial charge < -0.3 is 15.7 Å². The van der Waals surface area contributed by atoms with Crippen LogP contribution in [-0.4, -0.2) is 29.1 Å². The molecule has 4 atom stereocenters. The van der Waals surface area contributed by atoms with E-state index in [1.54, 1.807) is 6.07 Å². The van der Waals surface area contributed by atoms with Gasteiger partial charge in [-0.1, -0.05) is 74.3 Å². The summed E-state index contributed by atoms with van der Waals surface area (Å²) in [6.07, 6.45) is 0.302. The number of hydrogen-bond acceptors (Lipinski definition) is 4. The highest BCUT2D eigenvalue weighted by atomic mass is 35.5. The van der Waals surface area contributed by atoms with Crippen molar-refractivity contribution in [1.82, 2.24) is 5.32 Å². The highest BCUT2D eigenvalue weighted by molar-refractivity contribution is 6.31. The Bertz CT molecular complexity index is 1520. The van der Waals surface area contributed by atoms with Gasteiger partial charge >= 0.3 is 5.97 Å². The molecule has 208 valence electrons. The van der Waals surface area contributed by atoms with E-state index in [0.717, 1.165) is 6.07 Å². The van der Waals surface area contributed by atoms with Crippen LogP contribution in [0.3, 0.4) is 0 Å². The Balaban J connectivity index is 1.98. The van der Waals surface area contributed by atoms with Gasteiger partial charge in [-0.2, -0.15) is 5.26 Å². The van der Waals surface area contributed by atoms with Gasteiger partial charge in [-0.3, -0.25) is 4.79 Å². The highest BCUT2D eigenvalue weighted by Crippen LogP contribution is 2.52. The Hall–Kier alpha value is -3.51.